The maximum Gasteiger partial charge on any atom is 0.353 e. The molecule has 2 saturated heterocycles. The van der Waals surface area contributed by atoms with Crippen molar-refractivity contribution < 1.29 is 9.82 Å². The first-order chi connectivity index (χ1) is 15.0. The highest BCUT2D eigenvalue weighted by atomic mass is 16.6. The summed E-state index contributed by atoms with van der Waals surface area (Å²) < 4.78 is 0. The molecule has 1 aromatic heterocycles. The minimum atomic E-state index is -0.441. The van der Waals surface area contributed by atoms with E-state index in [1.165, 1.54) is 5.56 Å². The number of nitro groups is 1. The van der Waals surface area contributed by atoms with Crippen molar-refractivity contribution in [2.75, 3.05) is 61.3 Å². The summed E-state index contributed by atoms with van der Waals surface area (Å²) in [5, 5.41) is 11.8. The molecular weight excluding hydrogens is 394 g/mol. The third kappa shape index (κ3) is 4.87. The van der Waals surface area contributed by atoms with E-state index in [4.69, 9.17) is 5.73 Å². The van der Waals surface area contributed by atoms with Crippen LogP contribution < -0.4 is 20.4 Å². The Kier molecular flexibility index (Phi) is 6.50. The average molecular weight is 427 g/mol. The van der Waals surface area contributed by atoms with Gasteiger partial charge < -0.3 is 20.4 Å². The van der Waals surface area contributed by atoms with Crippen LogP contribution in [0.25, 0.3) is 0 Å². The fraction of sp³-hybridized carbons (Fsp3) is 0.545. The molecule has 9 nitrogen and oxygen atoms in total. The van der Waals surface area contributed by atoms with E-state index in [9.17, 15) is 10.1 Å². The Morgan fingerprint density at radius 1 is 1.10 bits per heavy atom. The van der Waals surface area contributed by atoms with Crippen molar-refractivity contribution in [1.29, 1.82) is 0 Å². The van der Waals surface area contributed by atoms with Crippen LogP contribution in [0.1, 0.15) is 25.3 Å². The monoisotopic (exact) mass is 426 g/mol. The second kappa shape index (κ2) is 9.47. The highest BCUT2D eigenvalue weighted by molar-refractivity contribution is 5.71. The van der Waals surface area contributed by atoms with Gasteiger partial charge in [0.1, 0.15) is 0 Å². The predicted molar refractivity (Wildman–Crippen MR) is 122 cm³/mol. The van der Waals surface area contributed by atoms with E-state index in [-0.39, 0.29) is 11.5 Å². The number of piperidine rings is 1. The van der Waals surface area contributed by atoms with Crippen molar-refractivity contribution in [3.63, 3.8) is 0 Å². The van der Waals surface area contributed by atoms with Crippen LogP contribution in [-0.2, 0) is 6.42 Å². The number of aromatic nitrogens is 2. The molecule has 2 fully saturated rings. The molecule has 0 bridgehead atoms. The Morgan fingerprint density at radius 3 is 2.39 bits per heavy atom. The summed E-state index contributed by atoms with van der Waals surface area (Å²) in [5.41, 5.74) is 7.25. The van der Waals surface area contributed by atoms with Crippen molar-refractivity contribution in [1.82, 2.24) is 9.97 Å². The number of nitrogens with one attached hydrogen (secondary N) is 1. The van der Waals surface area contributed by atoms with Gasteiger partial charge in [-0.2, -0.15) is 9.97 Å². The summed E-state index contributed by atoms with van der Waals surface area (Å²) in [5.74, 6) is 1.42. The molecular formula is C22H32N7O2+. The smallest absolute Gasteiger partial charge is 0.353 e. The molecule has 9 heteroatoms. The summed E-state index contributed by atoms with van der Waals surface area (Å²) in [6, 6.07) is 10.5. The lowest BCUT2D eigenvalue weighted by molar-refractivity contribution is -0.898. The van der Waals surface area contributed by atoms with E-state index in [2.05, 4.69) is 46.1 Å². The zero-order valence-corrected chi connectivity index (χ0v) is 18.2. The van der Waals surface area contributed by atoms with Crippen molar-refractivity contribution in [2.45, 2.75) is 26.2 Å². The number of hydrogen-bond donors (Lipinski definition) is 2. The molecule has 1 aromatic carbocycles. The lowest BCUT2D eigenvalue weighted by Crippen LogP contribution is -3.14. The largest absolute Gasteiger partial charge is 0.378 e. The fourth-order valence-electron chi connectivity index (χ4n) is 4.66. The maximum absolute atomic E-state index is 11.8. The summed E-state index contributed by atoms with van der Waals surface area (Å²) in [6.45, 7) is 8.45. The van der Waals surface area contributed by atoms with Gasteiger partial charge in [-0.25, -0.2) is 0 Å². The van der Waals surface area contributed by atoms with Gasteiger partial charge in [0.2, 0.25) is 17.6 Å². The summed E-state index contributed by atoms with van der Waals surface area (Å²) >= 11 is 0. The molecule has 4 rings (SSSR count). The molecule has 2 aliphatic heterocycles. The number of piperazine rings is 1. The molecule has 0 amide bonds. The first-order valence-electron chi connectivity index (χ1n) is 11.2. The van der Waals surface area contributed by atoms with Crippen LogP contribution in [0.2, 0.25) is 0 Å². The van der Waals surface area contributed by atoms with Gasteiger partial charge in [0, 0.05) is 13.1 Å². The van der Waals surface area contributed by atoms with Gasteiger partial charge in [-0.3, -0.25) is 10.1 Å². The van der Waals surface area contributed by atoms with Crippen molar-refractivity contribution in [2.24, 2.45) is 5.92 Å². The normalized spacial score (nSPS) is 18.4. The van der Waals surface area contributed by atoms with Crippen LogP contribution in [0.5, 0.6) is 0 Å². The van der Waals surface area contributed by atoms with E-state index >= 15 is 0 Å². The molecule has 0 unspecified atom stereocenters. The van der Waals surface area contributed by atoms with Gasteiger partial charge in [0.15, 0.2) is 0 Å². The van der Waals surface area contributed by atoms with Crippen LogP contribution in [0.15, 0.2) is 30.3 Å². The molecule has 0 radical (unpaired) electrons. The molecule has 31 heavy (non-hydrogen) atoms. The Labute approximate surface area is 183 Å². The number of hydrogen-bond acceptors (Lipinski definition) is 7. The number of likely N-dealkylation sites (N-methyl/N-ethyl adjacent to an activating group) is 1. The first kappa shape index (κ1) is 21.3. The molecule has 0 atom stereocenters. The van der Waals surface area contributed by atoms with Crippen molar-refractivity contribution in [3.8, 4) is 0 Å². The van der Waals surface area contributed by atoms with Crippen LogP contribution in [-0.4, -0.2) is 60.7 Å². The summed E-state index contributed by atoms with van der Waals surface area (Å²) in [7, 11) is 0. The maximum atomic E-state index is 11.8. The lowest BCUT2D eigenvalue weighted by Gasteiger charge is -2.34. The minimum Gasteiger partial charge on any atom is -0.378 e. The zero-order valence-electron chi connectivity index (χ0n) is 18.2. The Balaban J connectivity index is 1.50. The number of quaternary nitrogens is 1. The number of nitrogen functional groups attached to an aromatic ring is 1. The van der Waals surface area contributed by atoms with Gasteiger partial charge in [-0.1, -0.05) is 30.3 Å². The van der Waals surface area contributed by atoms with Crippen molar-refractivity contribution in [3.05, 3.63) is 46.0 Å². The lowest BCUT2D eigenvalue weighted by atomic mass is 9.90. The van der Waals surface area contributed by atoms with E-state index in [1.54, 1.807) is 4.90 Å². The summed E-state index contributed by atoms with van der Waals surface area (Å²) in [6.07, 6.45) is 2.99. The third-order valence-corrected chi connectivity index (χ3v) is 6.60. The molecule has 0 spiro atoms. The van der Waals surface area contributed by atoms with Crippen LogP contribution in [0.3, 0.4) is 0 Å². The van der Waals surface area contributed by atoms with Crippen LogP contribution in [0.4, 0.5) is 23.3 Å². The van der Waals surface area contributed by atoms with Gasteiger partial charge in [0.05, 0.1) is 37.6 Å². The highest BCUT2D eigenvalue weighted by Crippen LogP contribution is 2.35. The quantitative estimate of drug-likeness (QED) is 0.527. The standard InChI is InChI=1S/C22H31N7O2/c1-2-26-12-14-28(15-13-26)22-24-20(23)19(29(30)31)21(25-22)27-10-8-18(9-11-27)16-17-6-4-3-5-7-17/h3-7,18H,2,8-16H2,1H3,(H2,23,24,25)/p+1. The fourth-order valence-corrected chi connectivity index (χ4v) is 4.66. The van der Waals surface area contributed by atoms with Gasteiger partial charge in [0.25, 0.3) is 0 Å². The topological polar surface area (TPSA) is 106 Å². The second-order valence-corrected chi connectivity index (χ2v) is 8.55. The van der Waals surface area contributed by atoms with E-state index < -0.39 is 4.92 Å². The molecule has 3 N–H and O–H groups in total. The molecule has 2 aliphatic rings. The van der Waals surface area contributed by atoms with Gasteiger partial charge in [-0.15, -0.1) is 0 Å². The van der Waals surface area contributed by atoms with E-state index in [0.29, 0.717) is 17.7 Å². The molecule has 3 heterocycles. The Hall–Kier alpha value is -2.94. The summed E-state index contributed by atoms with van der Waals surface area (Å²) in [4.78, 5) is 26.0. The number of nitrogens with two attached hydrogens (primary N) is 1. The number of rotatable bonds is 6. The van der Waals surface area contributed by atoms with E-state index in [0.717, 1.165) is 65.1 Å². The Morgan fingerprint density at radius 2 is 1.77 bits per heavy atom. The zero-order chi connectivity index (χ0) is 21.8. The van der Waals surface area contributed by atoms with Crippen LogP contribution in [0, 0.1) is 16.0 Å². The van der Waals surface area contributed by atoms with Gasteiger partial charge in [-0.05, 0) is 37.7 Å². The number of nitrogens with zero attached hydrogens (tertiary/aromatic N) is 5. The molecule has 0 aliphatic carbocycles. The first-order valence-corrected chi connectivity index (χ1v) is 11.2. The highest BCUT2D eigenvalue weighted by Gasteiger charge is 2.32. The molecule has 0 saturated carbocycles. The van der Waals surface area contributed by atoms with Crippen molar-refractivity contribution >= 4 is 23.3 Å². The number of anilines is 3. The predicted octanol–water partition coefficient (Wildman–Crippen LogP) is 1.15. The third-order valence-electron chi connectivity index (χ3n) is 6.60. The van der Waals surface area contributed by atoms with Crippen LogP contribution >= 0.6 is 0 Å². The number of benzene rings is 1. The SMILES string of the molecule is CC[NH+]1CCN(c2nc(N)c([N+](=O)[O-])c(N3CCC(Cc4ccccc4)CC3)n2)CC1. The minimum absolute atomic E-state index is 0.0401. The van der Waals surface area contributed by atoms with Gasteiger partial charge >= 0.3 is 5.69 Å². The molecule has 166 valence electrons. The second-order valence-electron chi connectivity index (χ2n) is 8.55. The average Bonchev–Trinajstić information content (AvgIpc) is 2.79. The molecule has 2 aromatic rings. The van der Waals surface area contributed by atoms with E-state index in [1.807, 2.05) is 11.0 Å². The Bertz CT molecular complexity index is 892.